The predicted molar refractivity (Wildman–Crippen MR) is 107 cm³/mol. The van der Waals surface area contributed by atoms with E-state index in [4.69, 9.17) is 0 Å². The third-order valence-electron chi connectivity index (χ3n) is 4.39. The van der Waals surface area contributed by atoms with Crippen LogP contribution in [0.15, 0.2) is 42.5 Å². The number of aryl methyl sites for hydroxylation is 2. The second-order valence-electron chi connectivity index (χ2n) is 6.84. The molecule has 1 amide bonds. The summed E-state index contributed by atoms with van der Waals surface area (Å²) in [6, 6.07) is 8.32. The molecule has 0 saturated carbocycles. The average Bonchev–Trinajstić information content (AvgIpc) is 2.60. The molecule has 0 radical (unpaired) electrons. The van der Waals surface area contributed by atoms with Crippen molar-refractivity contribution in [2.45, 2.75) is 39.4 Å². The third-order valence-corrected chi connectivity index (χ3v) is 5.56. The van der Waals surface area contributed by atoms with Gasteiger partial charge in [0.2, 0.25) is 15.9 Å². The van der Waals surface area contributed by atoms with Gasteiger partial charge in [-0.15, -0.1) is 0 Å². The second kappa shape index (κ2) is 8.44. The lowest BCUT2D eigenvalue weighted by molar-refractivity contribution is -0.137. The number of carbonyl (C=O) groups is 1. The highest BCUT2D eigenvalue weighted by Crippen LogP contribution is 2.31. The SMILES string of the molecule is CC[C@@H](C(=O)Nc1cccc(C(F)(F)F)c1)N(c1cc(C)ccc1C)S(C)(=O)=O. The van der Waals surface area contributed by atoms with Gasteiger partial charge in [0.25, 0.3) is 0 Å². The van der Waals surface area contributed by atoms with E-state index >= 15 is 0 Å². The summed E-state index contributed by atoms with van der Waals surface area (Å²) in [6.45, 7) is 5.16. The quantitative estimate of drug-likeness (QED) is 0.737. The fourth-order valence-corrected chi connectivity index (χ4v) is 4.25. The molecule has 0 heterocycles. The van der Waals surface area contributed by atoms with E-state index in [2.05, 4.69) is 5.32 Å². The Balaban J connectivity index is 2.43. The smallest absolute Gasteiger partial charge is 0.324 e. The van der Waals surface area contributed by atoms with Gasteiger partial charge in [-0.05, 0) is 55.7 Å². The Morgan fingerprint density at radius 1 is 1.14 bits per heavy atom. The Hall–Kier alpha value is -2.55. The largest absolute Gasteiger partial charge is 0.416 e. The molecule has 0 saturated heterocycles. The Bertz CT molecular complexity index is 1000. The highest BCUT2D eigenvalue weighted by atomic mass is 32.2. The van der Waals surface area contributed by atoms with Gasteiger partial charge in [0.15, 0.2) is 0 Å². The van der Waals surface area contributed by atoms with E-state index in [0.717, 1.165) is 28.3 Å². The fourth-order valence-electron chi connectivity index (χ4n) is 2.99. The van der Waals surface area contributed by atoms with Crippen LogP contribution in [0.4, 0.5) is 24.5 Å². The molecule has 0 aliphatic carbocycles. The zero-order chi connectivity index (χ0) is 22.0. The van der Waals surface area contributed by atoms with Crippen molar-refractivity contribution >= 4 is 27.3 Å². The van der Waals surface area contributed by atoms with Crippen LogP contribution in [0.1, 0.15) is 30.0 Å². The van der Waals surface area contributed by atoms with E-state index in [0.29, 0.717) is 11.3 Å². The van der Waals surface area contributed by atoms with Crippen molar-refractivity contribution < 1.29 is 26.4 Å². The second-order valence-corrected chi connectivity index (χ2v) is 8.70. The molecule has 0 aliphatic heterocycles. The van der Waals surface area contributed by atoms with Gasteiger partial charge in [-0.25, -0.2) is 8.42 Å². The molecule has 0 spiro atoms. The lowest BCUT2D eigenvalue weighted by Crippen LogP contribution is -2.47. The van der Waals surface area contributed by atoms with Crippen LogP contribution >= 0.6 is 0 Å². The van der Waals surface area contributed by atoms with Crippen LogP contribution < -0.4 is 9.62 Å². The predicted octanol–water partition coefficient (Wildman–Crippen LogP) is 4.51. The van der Waals surface area contributed by atoms with Gasteiger partial charge >= 0.3 is 6.18 Å². The summed E-state index contributed by atoms with van der Waals surface area (Å²) in [5.74, 6) is -0.710. The van der Waals surface area contributed by atoms with Gasteiger partial charge < -0.3 is 5.32 Å². The van der Waals surface area contributed by atoms with Gasteiger partial charge in [0.1, 0.15) is 6.04 Å². The van der Waals surface area contributed by atoms with E-state index in [-0.39, 0.29) is 12.1 Å². The van der Waals surface area contributed by atoms with Crippen LogP contribution in [-0.4, -0.2) is 26.6 Å². The van der Waals surface area contributed by atoms with Crippen molar-refractivity contribution in [3.05, 3.63) is 59.2 Å². The molecule has 2 rings (SSSR count). The molecule has 0 fully saturated rings. The molecule has 29 heavy (non-hydrogen) atoms. The van der Waals surface area contributed by atoms with Crippen molar-refractivity contribution in [2.24, 2.45) is 0 Å². The minimum atomic E-state index is -4.55. The lowest BCUT2D eigenvalue weighted by Gasteiger charge is -2.31. The number of nitrogens with zero attached hydrogens (tertiary/aromatic N) is 1. The average molecular weight is 428 g/mol. The maximum Gasteiger partial charge on any atom is 0.416 e. The Kier molecular flexibility index (Phi) is 6.62. The molecule has 2 aromatic carbocycles. The van der Waals surface area contributed by atoms with Crippen molar-refractivity contribution in [1.82, 2.24) is 0 Å². The molecule has 0 aliphatic rings. The van der Waals surface area contributed by atoms with Crippen LogP contribution in [0.5, 0.6) is 0 Å². The molecular weight excluding hydrogens is 405 g/mol. The highest BCUT2D eigenvalue weighted by molar-refractivity contribution is 7.92. The summed E-state index contributed by atoms with van der Waals surface area (Å²) in [7, 11) is -3.84. The minimum Gasteiger partial charge on any atom is -0.324 e. The lowest BCUT2D eigenvalue weighted by atomic mass is 10.1. The van der Waals surface area contributed by atoms with Crippen molar-refractivity contribution in [3.63, 3.8) is 0 Å². The zero-order valence-electron chi connectivity index (χ0n) is 16.5. The summed E-state index contributed by atoms with van der Waals surface area (Å²) >= 11 is 0. The first-order valence-electron chi connectivity index (χ1n) is 8.89. The Morgan fingerprint density at radius 2 is 1.79 bits per heavy atom. The number of hydrogen-bond acceptors (Lipinski definition) is 3. The van der Waals surface area contributed by atoms with Crippen LogP contribution in [0.25, 0.3) is 0 Å². The van der Waals surface area contributed by atoms with Crippen LogP contribution in [0, 0.1) is 13.8 Å². The summed E-state index contributed by atoms with van der Waals surface area (Å²) < 4.78 is 64.9. The Morgan fingerprint density at radius 3 is 2.34 bits per heavy atom. The van der Waals surface area contributed by atoms with Crippen molar-refractivity contribution in [2.75, 3.05) is 15.9 Å². The first-order chi connectivity index (χ1) is 13.3. The molecule has 0 aromatic heterocycles. The zero-order valence-corrected chi connectivity index (χ0v) is 17.4. The van der Waals surface area contributed by atoms with Crippen LogP contribution in [0.3, 0.4) is 0 Å². The van der Waals surface area contributed by atoms with E-state index in [9.17, 15) is 26.4 Å². The maximum atomic E-state index is 12.9. The number of carbonyl (C=O) groups excluding carboxylic acids is 1. The summed E-state index contributed by atoms with van der Waals surface area (Å²) in [5, 5.41) is 2.42. The normalized spacial score (nSPS) is 13.1. The number of nitrogens with one attached hydrogen (secondary N) is 1. The summed E-state index contributed by atoms with van der Waals surface area (Å²) in [4.78, 5) is 12.9. The van der Waals surface area contributed by atoms with Gasteiger partial charge in [-0.2, -0.15) is 13.2 Å². The van der Waals surface area contributed by atoms with Crippen molar-refractivity contribution in [3.8, 4) is 0 Å². The first-order valence-corrected chi connectivity index (χ1v) is 10.7. The van der Waals surface area contributed by atoms with E-state index < -0.39 is 33.7 Å². The summed E-state index contributed by atoms with van der Waals surface area (Å²) in [6.07, 6.45) is -3.43. The molecule has 5 nitrogen and oxygen atoms in total. The first kappa shape index (κ1) is 22.7. The number of sulfonamides is 1. The molecule has 1 atom stereocenters. The number of rotatable bonds is 6. The minimum absolute atomic E-state index is 0.0577. The topological polar surface area (TPSA) is 66.5 Å². The van der Waals surface area contributed by atoms with E-state index in [1.807, 2.05) is 6.07 Å². The van der Waals surface area contributed by atoms with Gasteiger partial charge in [-0.1, -0.05) is 25.1 Å². The molecule has 0 bridgehead atoms. The highest BCUT2D eigenvalue weighted by Gasteiger charge is 2.33. The van der Waals surface area contributed by atoms with Gasteiger partial charge in [-0.3, -0.25) is 9.10 Å². The molecular formula is C20H23F3N2O3S. The van der Waals surface area contributed by atoms with Gasteiger partial charge in [0.05, 0.1) is 17.5 Å². The molecule has 0 unspecified atom stereocenters. The number of benzene rings is 2. The van der Waals surface area contributed by atoms with E-state index in [1.165, 1.54) is 12.1 Å². The number of hydrogen-bond donors (Lipinski definition) is 1. The van der Waals surface area contributed by atoms with Crippen LogP contribution in [-0.2, 0) is 21.0 Å². The summed E-state index contributed by atoms with van der Waals surface area (Å²) in [5.41, 5.74) is 0.868. The molecule has 158 valence electrons. The standard InChI is InChI=1S/C20H23F3N2O3S/c1-5-17(19(26)24-16-8-6-7-15(12-16)20(21,22)23)25(29(4,27)28)18-11-13(2)9-10-14(18)3/h6-12,17H,5H2,1-4H3,(H,24,26)/t17-/m0/s1. The van der Waals surface area contributed by atoms with Gasteiger partial charge in [0, 0.05) is 5.69 Å². The fraction of sp³-hybridized carbons (Fsp3) is 0.350. The third kappa shape index (κ3) is 5.50. The maximum absolute atomic E-state index is 12.9. The van der Waals surface area contributed by atoms with E-state index in [1.54, 1.807) is 32.9 Å². The van der Waals surface area contributed by atoms with Crippen molar-refractivity contribution in [1.29, 1.82) is 0 Å². The number of amides is 1. The molecule has 2 aromatic rings. The number of anilines is 2. The number of alkyl halides is 3. The molecule has 1 N–H and O–H groups in total. The number of halogens is 3. The Labute approximate surface area is 168 Å². The van der Waals surface area contributed by atoms with Crippen LogP contribution in [0.2, 0.25) is 0 Å². The molecule has 9 heteroatoms. The monoisotopic (exact) mass is 428 g/mol.